The van der Waals surface area contributed by atoms with Gasteiger partial charge in [0.1, 0.15) is 12.4 Å². The van der Waals surface area contributed by atoms with E-state index in [0.29, 0.717) is 24.5 Å². The summed E-state index contributed by atoms with van der Waals surface area (Å²) in [5, 5.41) is 12.8. The van der Waals surface area contributed by atoms with Gasteiger partial charge in [0.2, 0.25) is 5.91 Å². The highest BCUT2D eigenvalue weighted by molar-refractivity contribution is 7.17. The Kier molecular flexibility index (Phi) is 7.32. The van der Waals surface area contributed by atoms with Gasteiger partial charge in [-0.05, 0) is 61.0 Å². The van der Waals surface area contributed by atoms with Gasteiger partial charge in [0, 0.05) is 54.4 Å². The fourth-order valence-electron chi connectivity index (χ4n) is 4.98. The van der Waals surface area contributed by atoms with Crippen molar-refractivity contribution in [2.75, 3.05) is 55.7 Å². The molecular formula is C27H31N3O4S. The number of benzene rings is 2. The first kappa shape index (κ1) is 23.8. The molecule has 2 aliphatic rings. The van der Waals surface area contributed by atoms with Gasteiger partial charge >= 0.3 is 0 Å². The average molecular weight is 494 g/mol. The van der Waals surface area contributed by atoms with E-state index in [2.05, 4.69) is 39.4 Å². The van der Waals surface area contributed by atoms with E-state index >= 15 is 0 Å². The molecule has 1 fully saturated rings. The van der Waals surface area contributed by atoms with Gasteiger partial charge in [-0.25, -0.2) is 4.90 Å². The van der Waals surface area contributed by atoms with Crippen LogP contribution in [0.15, 0.2) is 47.8 Å². The highest BCUT2D eigenvalue weighted by atomic mass is 32.1. The van der Waals surface area contributed by atoms with Crippen molar-refractivity contribution in [2.24, 2.45) is 0 Å². The van der Waals surface area contributed by atoms with Crippen LogP contribution < -0.4 is 14.5 Å². The van der Waals surface area contributed by atoms with E-state index in [0.717, 1.165) is 56.0 Å². The SMILES string of the molecule is O=C(CO)N1C(=O)CCc2ccc(OCCCCN3CCN(c4cccc5sccc45)CC3)cc21. The number of anilines is 2. The first-order valence-electron chi connectivity index (χ1n) is 12.3. The minimum absolute atomic E-state index is 0.275. The number of hydrogen-bond acceptors (Lipinski definition) is 7. The van der Waals surface area contributed by atoms with Crippen molar-refractivity contribution in [2.45, 2.75) is 25.7 Å². The molecule has 0 saturated carbocycles. The summed E-state index contributed by atoms with van der Waals surface area (Å²) < 4.78 is 7.28. The number of unbranched alkanes of at least 4 members (excludes halogenated alkanes) is 1. The molecule has 2 aliphatic heterocycles. The molecule has 3 heterocycles. The number of ether oxygens (including phenoxy) is 1. The fourth-order valence-corrected chi connectivity index (χ4v) is 5.79. The van der Waals surface area contributed by atoms with E-state index in [1.54, 1.807) is 17.4 Å². The Hall–Kier alpha value is -2.94. The van der Waals surface area contributed by atoms with Gasteiger partial charge in [-0.2, -0.15) is 0 Å². The molecule has 0 aliphatic carbocycles. The van der Waals surface area contributed by atoms with Crippen LogP contribution >= 0.6 is 11.3 Å². The van der Waals surface area contributed by atoms with E-state index in [1.807, 2.05) is 12.1 Å². The second-order valence-electron chi connectivity index (χ2n) is 9.07. The summed E-state index contributed by atoms with van der Waals surface area (Å²) in [6.07, 6.45) is 2.86. The van der Waals surface area contributed by atoms with Gasteiger partial charge in [0.15, 0.2) is 0 Å². The van der Waals surface area contributed by atoms with Gasteiger partial charge in [-0.1, -0.05) is 12.1 Å². The van der Waals surface area contributed by atoms with Crippen LogP contribution in [0.5, 0.6) is 5.75 Å². The highest BCUT2D eigenvalue weighted by Crippen LogP contribution is 2.32. The Labute approximate surface area is 209 Å². The lowest BCUT2D eigenvalue weighted by Gasteiger charge is -2.36. The maximum absolute atomic E-state index is 12.2. The molecule has 2 amide bonds. The largest absolute Gasteiger partial charge is 0.494 e. The second kappa shape index (κ2) is 10.8. The molecule has 0 unspecified atom stereocenters. The number of carbonyl (C=O) groups excluding carboxylic acids is 2. The summed E-state index contributed by atoms with van der Waals surface area (Å²) in [5.74, 6) is -0.230. The van der Waals surface area contributed by atoms with Crippen molar-refractivity contribution in [3.05, 3.63) is 53.4 Å². The van der Waals surface area contributed by atoms with Crippen molar-refractivity contribution >= 4 is 44.6 Å². The normalized spacial score (nSPS) is 16.5. The molecular weight excluding hydrogens is 462 g/mol. The van der Waals surface area contributed by atoms with Crippen LogP contribution in [0.1, 0.15) is 24.8 Å². The zero-order valence-corrected chi connectivity index (χ0v) is 20.6. The second-order valence-corrected chi connectivity index (χ2v) is 10.0. The minimum atomic E-state index is -0.686. The third-order valence-electron chi connectivity index (χ3n) is 6.86. The maximum Gasteiger partial charge on any atom is 0.259 e. The number of rotatable bonds is 8. The van der Waals surface area contributed by atoms with Gasteiger partial charge in [0.25, 0.3) is 5.91 Å². The first-order chi connectivity index (χ1) is 17.1. The number of aliphatic hydroxyl groups excluding tert-OH is 1. The lowest BCUT2D eigenvalue weighted by molar-refractivity contribution is -0.128. The molecule has 1 saturated heterocycles. The van der Waals surface area contributed by atoms with Crippen molar-refractivity contribution in [1.82, 2.24) is 4.90 Å². The van der Waals surface area contributed by atoms with Crippen LogP contribution in [0.25, 0.3) is 10.1 Å². The number of piperazine rings is 1. The number of fused-ring (bicyclic) bond motifs is 2. The predicted octanol–water partition coefficient (Wildman–Crippen LogP) is 3.68. The predicted molar refractivity (Wildman–Crippen MR) is 140 cm³/mol. The fraction of sp³-hybridized carbons (Fsp3) is 0.407. The Bertz CT molecular complexity index is 1200. The Morgan fingerprint density at radius 3 is 2.69 bits per heavy atom. The maximum atomic E-state index is 12.2. The number of thiophene rings is 1. The third kappa shape index (κ3) is 5.19. The van der Waals surface area contributed by atoms with Crippen LogP contribution in [-0.2, 0) is 16.0 Å². The Balaban J connectivity index is 1.07. The van der Waals surface area contributed by atoms with Crippen LogP contribution in [0.2, 0.25) is 0 Å². The van der Waals surface area contributed by atoms with Crippen LogP contribution in [-0.4, -0.2) is 67.8 Å². The monoisotopic (exact) mass is 493 g/mol. The standard InChI is InChI=1S/C27H31N3O4S/c31-19-27(33)30-24-18-21(8-6-20(24)7-9-26(30)32)34-16-2-1-11-28-12-14-29(15-13-28)23-4-3-5-25-22(23)10-17-35-25/h3-6,8,10,17-18,31H,1-2,7,9,11-16,19H2. The Morgan fingerprint density at radius 1 is 1.00 bits per heavy atom. The molecule has 5 rings (SSSR count). The zero-order valence-electron chi connectivity index (χ0n) is 19.8. The van der Waals surface area contributed by atoms with E-state index in [9.17, 15) is 14.7 Å². The molecule has 0 spiro atoms. The molecule has 2 aromatic carbocycles. The molecule has 0 atom stereocenters. The van der Waals surface area contributed by atoms with Crippen molar-refractivity contribution in [3.8, 4) is 5.75 Å². The molecule has 1 N–H and O–H groups in total. The molecule has 8 heteroatoms. The topological polar surface area (TPSA) is 73.3 Å². The number of aryl methyl sites for hydroxylation is 1. The van der Waals surface area contributed by atoms with E-state index < -0.39 is 12.5 Å². The molecule has 184 valence electrons. The molecule has 1 aromatic heterocycles. The summed E-state index contributed by atoms with van der Waals surface area (Å²) in [5.41, 5.74) is 2.81. The van der Waals surface area contributed by atoms with Crippen molar-refractivity contribution in [3.63, 3.8) is 0 Å². The van der Waals surface area contributed by atoms with E-state index in [4.69, 9.17) is 4.74 Å². The van der Waals surface area contributed by atoms with Crippen LogP contribution in [0.4, 0.5) is 11.4 Å². The van der Waals surface area contributed by atoms with Crippen molar-refractivity contribution in [1.29, 1.82) is 0 Å². The van der Waals surface area contributed by atoms with Crippen LogP contribution in [0, 0.1) is 0 Å². The number of aliphatic hydroxyl groups is 1. The summed E-state index contributed by atoms with van der Waals surface area (Å²) in [6, 6.07) is 14.3. The molecule has 7 nitrogen and oxygen atoms in total. The number of amides is 2. The number of hydrogen-bond donors (Lipinski definition) is 1. The third-order valence-corrected chi connectivity index (χ3v) is 7.75. The molecule has 35 heavy (non-hydrogen) atoms. The van der Waals surface area contributed by atoms with Gasteiger partial charge in [-0.15, -0.1) is 11.3 Å². The number of imide groups is 1. The van der Waals surface area contributed by atoms with Crippen molar-refractivity contribution < 1.29 is 19.4 Å². The van der Waals surface area contributed by atoms with E-state index in [1.165, 1.54) is 15.8 Å². The Morgan fingerprint density at radius 2 is 1.86 bits per heavy atom. The van der Waals surface area contributed by atoms with Gasteiger partial charge < -0.3 is 14.7 Å². The smallest absolute Gasteiger partial charge is 0.259 e. The zero-order chi connectivity index (χ0) is 24.2. The summed E-state index contributed by atoms with van der Waals surface area (Å²) in [7, 11) is 0. The summed E-state index contributed by atoms with van der Waals surface area (Å²) >= 11 is 1.80. The molecule has 0 bridgehead atoms. The summed E-state index contributed by atoms with van der Waals surface area (Å²) in [6.45, 7) is 5.17. The average Bonchev–Trinajstić information content (AvgIpc) is 3.37. The van der Waals surface area contributed by atoms with Gasteiger partial charge in [0.05, 0.1) is 12.3 Å². The minimum Gasteiger partial charge on any atom is -0.494 e. The highest BCUT2D eigenvalue weighted by Gasteiger charge is 2.29. The first-order valence-corrected chi connectivity index (χ1v) is 13.2. The number of nitrogens with zero attached hydrogens (tertiary/aromatic N) is 3. The number of carbonyl (C=O) groups is 2. The van der Waals surface area contributed by atoms with Gasteiger partial charge in [-0.3, -0.25) is 14.5 Å². The van der Waals surface area contributed by atoms with E-state index in [-0.39, 0.29) is 12.3 Å². The quantitative estimate of drug-likeness (QED) is 0.483. The molecule has 0 radical (unpaired) electrons. The molecule has 3 aromatic rings. The lowest BCUT2D eigenvalue weighted by atomic mass is 10.0. The van der Waals surface area contributed by atoms with Crippen LogP contribution in [0.3, 0.4) is 0 Å². The summed E-state index contributed by atoms with van der Waals surface area (Å²) in [4.78, 5) is 30.4. The lowest BCUT2D eigenvalue weighted by Crippen LogP contribution is -2.46.